The molecule has 0 unspecified atom stereocenters. The maximum absolute atomic E-state index is 12.4. The summed E-state index contributed by atoms with van der Waals surface area (Å²) in [5.41, 5.74) is -1.13. The second kappa shape index (κ2) is 7.03. The number of alkyl halides is 3. The number of nitrogens with one attached hydrogen (secondary N) is 1. The van der Waals surface area contributed by atoms with Gasteiger partial charge in [0.25, 0.3) is 10.0 Å². The molecular formula is C14H9BrF3NO6S. The molecule has 0 aliphatic carbocycles. The molecule has 12 heteroatoms. The maximum Gasteiger partial charge on any atom is 0.573 e. The molecule has 0 fully saturated rings. The van der Waals surface area contributed by atoms with E-state index >= 15 is 0 Å². The summed E-state index contributed by atoms with van der Waals surface area (Å²) in [6, 6.07) is 5.57. The van der Waals surface area contributed by atoms with Crippen LogP contribution < -0.4 is 9.46 Å². The Morgan fingerprint density at radius 2 is 1.81 bits per heavy atom. The Labute approximate surface area is 153 Å². The van der Waals surface area contributed by atoms with Crippen LogP contribution in [0, 0.1) is 0 Å². The summed E-state index contributed by atoms with van der Waals surface area (Å²) in [7, 11) is -4.43. The van der Waals surface area contributed by atoms with E-state index in [1.165, 1.54) is 6.07 Å². The fourth-order valence-corrected chi connectivity index (χ4v) is 3.56. The molecule has 0 aliphatic heterocycles. The molecule has 0 radical (unpaired) electrons. The van der Waals surface area contributed by atoms with E-state index in [0.717, 1.165) is 18.2 Å². The van der Waals surface area contributed by atoms with Crippen LogP contribution in [0.4, 0.5) is 18.9 Å². The number of carboxylic acids is 1. The van der Waals surface area contributed by atoms with Crippen LogP contribution in [0.25, 0.3) is 0 Å². The fraction of sp³-hybridized carbons (Fsp3) is 0.0714. The van der Waals surface area contributed by atoms with Gasteiger partial charge in [-0.25, -0.2) is 13.2 Å². The van der Waals surface area contributed by atoms with Crippen molar-refractivity contribution in [2.45, 2.75) is 11.3 Å². The van der Waals surface area contributed by atoms with Gasteiger partial charge in [-0.2, -0.15) is 0 Å². The predicted molar refractivity (Wildman–Crippen MR) is 86.7 cm³/mol. The summed E-state index contributed by atoms with van der Waals surface area (Å²) in [5, 5.41) is 18.7. The summed E-state index contributed by atoms with van der Waals surface area (Å²) in [4.78, 5) is 10.5. The lowest BCUT2D eigenvalue weighted by atomic mass is 10.2. The van der Waals surface area contributed by atoms with Crippen molar-refractivity contribution in [2.75, 3.05) is 4.72 Å². The summed E-state index contributed by atoms with van der Waals surface area (Å²) in [6.45, 7) is 0. The minimum Gasteiger partial charge on any atom is -0.507 e. The van der Waals surface area contributed by atoms with Crippen molar-refractivity contribution >= 4 is 37.6 Å². The highest BCUT2D eigenvalue weighted by Gasteiger charge is 2.32. The first kappa shape index (κ1) is 19.8. The van der Waals surface area contributed by atoms with Gasteiger partial charge in [0.05, 0.1) is 11.3 Å². The van der Waals surface area contributed by atoms with Crippen molar-refractivity contribution in [1.82, 2.24) is 0 Å². The molecule has 0 bridgehead atoms. The predicted octanol–water partition coefficient (Wildman–Crippen LogP) is 3.55. The number of carbonyl (C=O) groups is 1. The fourth-order valence-electron chi connectivity index (χ4n) is 1.89. The number of sulfonamides is 1. The number of hydrogen-bond acceptors (Lipinski definition) is 5. The summed E-state index contributed by atoms with van der Waals surface area (Å²) in [6.07, 6.45) is -5.10. The first-order chi connectivity index (χ1) is 11.9. The molecule has 0 saturated heterocycles. The third-order valence-corrected chi connectivity index (χ3v) is 4.75. The molecule has 0 spiro atoms. The monoisotopic (exact) mass is 455 g/mol. The van der Waals surface area contributed by atoms with Gasteiger partial charge in [-0.05, 0) is 30.3 Å². The molecular weight excluding hydrogens is 447 g/mol. The Morgan fingerprint density at radius 3 is 2.38 bits per heavy atom. The van der Waals surface area contributed by atoms with Crippen molar-refractivity contribution in [3.05, 3.63) is 46.4 Å². The molecule has 2 aromatic rings. The molecule has 0 amide bonds. The van der Waals surface area contributed by atoms with Crippen LogP contribution in [0.15, 0.2) is 45.8 Å². The number of benzene rings is 2. The average molecular weight is 456 g/mol. The second-order valence-corrected chi connectivity index (χ2v) is 7.38. The minimum atomic E-state index is -5.10. The highest BCUT2D eigenvalue weighted by atomic mass is 79.9. The van der Waals surface area contributed by atoms with E-state index in [9.17, 15) is 31.5 Å². The Balaban J connectivity index is 2.47. The zero-order chi connectivity index (χ0) is 19.7. The van der Waals surface area contributed by atoms with Gasteiger partial charge in [-0.3, -0.25) is 4.72 Å². The second-order valence-electron chi connectivity index (χ2n) is 4.82. The van der Waals surface area contributed by atoms with Gasteiger partial charge >= 0.3 is 12.3 Å². The van der Waals surface area contributed by atoms with Crippen molar-refractivity contribution in [3.63, 3.8) is 0 Å². The lowest BCUT2D eigenvalue weighted by Crippen LogP contribution is -2.18. The van der Waals surface area contributed by atoms with Gasteiger partial charge in [0.15, 0.2) is 0 Å². The van der Waals surface area contributed by atoms with E-state index in [4.69, 9.17) is 5.11 Å². The number of halogens is 4. The summed E-state index contributed by atoms with van der Waals surface area (Å²) in [5.74, 6) is -3.13. The first-order valence-corrected chi connectivity index (χ1v) is 8.80. The molecule has 0 atom stereocenters. The average Bonchev–Trinajstić information content (AvgIpc) is 2.47. The normalized spacial score (nSPS) is 11.8. The Kier molecular flexibility index (Phi) is 5.37. The third kappa shape index (κ3) is 5.02. The highest BCUT2D eigenvalue weighted by molar-refractivity contribution is 9.10. The standard InChI is InChI=1S/C14H9BrF3NO6S/c15-8-1-2-11(20)12(5-8)26(23,24)19-9-3-7(13(21)22)4-10(6-9)25-14(16,17)18/h1-6,19-20H,(H,21,22). The largest absolute Gasteiger partial charge is 0.573 e. The number of hydrogen-bond donors (Lipinski definition) is 3. The number of anilines is 1. The molecule has 140 valence electrons. The van der Waals surface area contributed by atoms with E-state index in [-0.39, 0.29) is 0 Å². The van der Waals surface area contributed by atoms with Gasteiger partial charge in [0, 0.05) is 10.5 Å². The van der Waals surface area contributed by atoms with E-state index in [2.05, 4.69) is 20.7 Å². The maximum atomic E-state index is 12.4. The molecule has 3 N–H and O–H groups in total. The SMILES string of the molecule is O=C(O)c1cc(NS(=O)(=O)c2cc(Br)ccc2O)cc(OC(F)(F)F)c1. The molecule has 2 aromatic carbocycles. The number of ether oxygens (including phenoxy) is 1. The van der Waals surface area contributed by atoms with Crippen molar-refractivity contribution in [1.29, 1.82) is 0 Å². The van der Waals surface area contributed by atoms with Crippen LogP contribution in [-0.2, 0) is 10.0 Å². The van der Waals surface area contributed by atoms with Gasteiger partial charge in [0.2, 0.25) is 0 Å². The van der Waals surface area contributed by atoms with E-state index < -0.39 is 50.0 Å². The zero-order valence-electron chi connectivity index (χ0n) is 12.4. The zero-order valence-corrected chi connectivity index (χ0v) is 14.8. The highest BCUT2D eigenvalue weighted by Crippen LogP contribution is 2.31. The van der Waals surface area contributed by atoms with E-state index in [1.807, 2.05) is 4.72 Å². The van der Waals surface area contributed by atoms with Crippen LogP contribution in [0.1, 0.15) is 10.4 Å². The molecule has 0 aromatic heterocycles. The van der Waals surface area contributed by atoms with Gasteiger partial charge in [-0.1, -0.05) is 15.9 Å². The Hall–Kier alpha value is -2.47. The van der Waals surface area contributed by atoms with Crippen LogP contribution in [0.2, 0.25) is 0 Å². The van der Waals surface area contributed by atoms with Crippen LogP contribution >= 0.6 is 15.9 Å². The minimum absolute atomic E-state index is 0.316. The number of rotatable bonds is 5. The van der Waals surface area contributed by atoms with E-state index in [1.54, 1.807) is 0 Å². The lowest BCUT2D eigenvalue weighted by molar-refractivity contribution is -0.274. The van der Waals surface area contributed by atoms with Crippen LogP contribution in [-0.4, -0.2) is 31.0 Å². The smallest absolute Gasteiger partial charge is 0.507 e. The van der Waals surface area contributed by atoms with Crippen LogP contribution in [0.5, 0.6) is 11.5 Å². The number of phenolic OH excluding ortho intramolecular Hbond substituents is 1. The molecule has 26 heavy (non-hydrogen) atoms. The number of aromatic carboxylic acids is 1. The Bertz CT molecular complexity index is 962. The number of carboxylic acid groups (broad SMARTS) is 1. The van der Waals surface area contributed by atoms with Crippen LogP contribution in [0.3, 0.4) is 0 Å². The molecule has 0 aliphatic rings. The quantitative estimate of drug-likeness (QED) is 0.635. The number of phenols is 1. The van der Waals surface area contributed by atoms with Gasteiger partial charge < -0.3 is 14.9 Å². The first-order valence-electron chi connectivity index (χ1n) is 6.53. The Morgan fingerprint density at radius 1 is 1.15 bits per heavy atom. The molecule has 0 heterocycles. The van der Waals surface area contributed by atoms with Crippen molar-refractivity contribution in [3.8, 4) is 11.5 Å². The molecule has 2 rings (SSSR count). The van der Waals surface area contributed by atoms with Crippen molar-refractivity contribution < 1.29 is 41.3 Å². The van der Waals surface area contributed by atoms with Gasteiger partial charge in [-0.15, -0.1) is 13.2 Å². The molecule has 7 nitrogen and oxygen atoms in total. The third-order valence-electron chi connectivity index (χ3n) is 2.85. The topological polar surface area (TPSA) is 113 Å². The lowest BCUT2D eigenvalue weighted by Gasteiger charge is -2.13. The van der Waals surface area contributed by atoms with E-state index in [0.29, 0.717) is 16.6 Å². The van der Waals surface area contributed by atoms with Crippen molar-refractivity contribution in [2.24, 2.45) is 0 Å². The molecule has 0 saturated carbocycles. The summed E-state index contributed by atoms with van der Waals surface area (Å²) >= 11 is 3.02. The number of aromatic hydroxyl groups is 1. The summed E-state index contributed by atoms with van der Waals surface area (Å²) < 4.78 is 67.6. The van der Waals surface area contributed by atoms with Gasteiger partial charge in [0.1, 0.15) is 16.4 Å².